The topological polar surface area (TPSA) is 83.8 Å². The maximum absolute atomic E-state index is 13.2. The zero-order valence-electron chi connectivity index (χ0n) is 20.8. The van der Waals surface area contributed by atoms with Gasteiger partial charge in [-0.1, -0.05) is 24.1 Å². The van der Waals surface area contributed by atoms with E-state index in [9.17, 15) is 19.8 Å². The van der Waals surface area contributed by atoms with Crippen LogP contribution in [-0.2, 0) is 14.3 Å². The number of allylic oxidation sites excluding steroid dienone is 1. The molecular weight excluding hydrogens is 416 g/mol. The molecule has 5 nitrogen and oxygen atoms in total. The van der Waals surface area contributed by atoms with Crippen LogP contribution >= 0.6 is 0 Å². The number of esters is 1. The summed E-state index contributed by atoms with van der Waals surface area (Å²) in [5, 5.41) is 22.1. The van der Waals surface area contributed by atoms with Gasteiger partial charge >= 0.3 is 5.97 Å². The Hall–Kier alpha value is -1.46. The number of fused-ring (bicyclic) bond motifs is 5. The normalized spacial score (nSPS) is 47.2. The number of cyclic esters (lactones) is 1. The zero-order valence-corrected chi connectivity index (χ0v) is 20.8. The highest BCUT2D eigenvalue weighted by atomic mass is 16.6. The molecule has 182 valence electrons. The van der Waals surface area contributed by atoms with Crippen LogP contribution < -0.4 is 0 Å². The SMILES string of the molecule is CC1=C(C)C(=O)O[C@@H]([C@](C)(O)[C@H]2CC[C@H]3[C@@H]4CC=C5C[C@@H](O)CC(=O)[C@]5(C)[C@H]4CC[C@]23C)C1. The number of ketones is 1. The summed E-state index contributed by atoms with van der Waals surface area (Å²) in [7, 11) is 0. The molecule has 4 aliphatic carbocycles. The van der Waals surface area contributed by atoms with Crippen LogP contribution in [-0.4, -0.2) is 39.8 Å². The van der Waals surface area contributed by atoms with Crippen LogP contribution in [0.1, 0.15) is 86.0 Å². The van der Waals surface area contributed by atoms with Gasteiger partial charge in [-0.25, -0.2) is 4.79 Å². The number of Topliss-reactive ketones (excluding diaryl/α,β-unsaturated/α-hetero) is 1. The van der Waals surface area contributed by atoms with Crippen molar-refractivity contribution in [1.29, 1.82) is 0 Å². The molecule has 33 heavy (non-hydrogen) atoms. The van der Waals surface area contributed by atoms with Crippen LogP contribution in [0.5, 0.6) is 0 Å². The van der Waals surface area contributed by atoms with Gasteiger partial charge in [0.2, 0.25) is 0 Å². The second kappa shape index (κ2) is 7.52. The Labute approximate surface area is 197 Å². The van der Waals surface area contributed by atoms with Gasteiger partial charge in [0, 0.05) is 18.4 Å². The largest absolute Gasteiger partial charge is 0.456 e. The van der Waals surface area contributed by atoms with Gasteiger partial charge < -0.3 is 14.9 Å². The summed E-state index contributed by atoms with van der Waals surface area (Å²) in [5.74, 6) is 1.15. The Morgan fingerprint density at radius 3 is 2.48 bits per heavy atom. The van der Waals surface area contributed by atoms with Gasteiger partial charge in [0.25, 0.3) is 0 Å². The molecule has 0 aromatic carbocycles. The van der Waals surface area contributed by atoms with Crippen molar-refractivity contribution in [2.75, 3.05) is 0 Å². The van der Waals surface area contributed by atoms with E-state index in [1.165, 1.54) is 0 Å². The Morgan fingerprint density at radius 1 is 1.06 bits per heavy atom. The zero-order chi connectivity index (χ0) is 23.9. The highest BCUT2D eigenvalue weighted by Crippen LogP contribution is 2.67. The van der Waals surface area contributed by atoms with Gasteiger partial charge in [0.05, 0.1) is 11.5 Å². The summed E-state index contributed by atoms with van der Waals surface area (Å²) in [6, 6.07) is 0. The molecule has 1 heterocycles. The summed E-state index contributed by atoms with van der Waals surface area (Å²) in [5.41, 5.74) is 1.26. The van der Waals surface area contributed by atoms with E-state index in [1.54, 1.807) is 6.92 Å². The highest BCUT2D eigenvalue weighted by molar-refractivity contribution is 5.90. The van der Waals surface area contributed by atoms with Crippen LogP contribution in [0.2, 0.25) is 0 Å². The lowest BCUT2D eigenvalue weighted by molar-refractivity contribution is -0.182. The number of ether oxygens (including phenoxy) is 1. The maximum Gasteiger partial charge on any atom is 0.334 e. The predicted octanol–water partition coefficient (Wildman–Crippen LogP) is 4.51. The van der Waals surface area contributed by atoms with E-state index in [4.69, 9.17) is 4.74 Å². The monoisotopic (exact) mass is 456 g/mol. The van der Waals surface area contributed by atoms with Crippen molar-refractivity contribution in [2.24, 2.45) is 34.5 Å². The molecule has 5 heteroatoms. The minimum Gasteiger partial charge on any atom is -0.456 e. The molecule has 0 unspecified atom stereocenters. The Bertz CT molecular complexity index is 944. The smallest absolute Gasteiger partial charge is 0.334 e. The van der Waals surface area contributed by atoms with Crippen LogP contribution in [0.15, 0.2) is 22.8 Å². The minimum atomic E-state index is -1.09. The molecule has 5 aliphatic rings. The quantitative estimate of drug-likeness (QED) is 0.472. The average molecular weight is 457 g/mol. The predicted molar refractivity (Wildman–Crippen MR) is 125 cm³/mol. The molecular formula is C28H40O5. The van der Waals surface area contributed by atoms with Gasteiger partial charge in [0.15, 0.2) is 0 Å². The van der Waals surface area contributed by atoms with Crippen LogP contribution in [0.25, 0.3) is 0 Å². The van der Waals surface area contributed by atoms with Gasteiger partial charge in [-0.3, -0.25) is 4.79 Å². The first-order chi connectivity index (χ1) is 15.4. The van der Waals surface area contributed by atoms with Gasteiger partial charge in [-0.15, -0.1) is 0 Å². The summed E-state index contributed by atoms with van der Waals surface area (Å²) >= 11 is 0. The number of rotatable bonds is 2. The third-order valence-corrected chi connectivity index (χ3v) is 11.0. The van der Waals surface area contributed by atoms with Crippen molar-refractivity contribution in [3.8, 4) is 0 Å². The van der Waals surface area contributed by atoms with Crippen molar-refractivity contribution in [2.45, 2.75) is 104 Å². The van der Waals surface area contributed by atoms with Crippen LogP contribution in [0.4, 0.5) is 0 Å². The summed E-state index contributed by atoms with van der Waals surface area (Å²) < 4.78 is 5.76. The lowest BCUT2D eigenvalue weighted by Gasteiger charge is -2.58. The van der Waals surface area contributed by atoms with Gasteiger partial charge in [-0.2, -0.15) is 0 Å². The Morgan fingerprint density at radius 2 is 1.79 bits per heavy atom. The number of carbonyl (C=O) groups excluding carboxylic acids is 2. The average Bonchev–Trinajstić information content (AvgIpc) is 3.10. The van der Waals surface area contributed by atoms with E-state index >= 15 is 0 Å². The third kappa shape index (κ3) is 3.17. The second-order valence-corrected chi connectivity index (χ2v) is 12.4. The number of hydrogen-bond donors (Lipinski definition) is 2. The summed E-state index contributed by atoms with van der Waals surface area (Å²) in [6.07, 6.45) is 7.60. The fourth-order valence-corrected chi connectivity index (χ4v) is 8.87. The van der Waals surface area contributed by atoms with Crippen molar-refractivity contribution in [1.82, 2.24) is 0 Å². The lowest BCUT2D eigenvalue weighted by Crippen LogP contribution is -2.58. The number of aliphatic hydroxyl groups is 2. The van der Waals surface area contributed by atoms with Crippen molar-refractivity contribution >= 4 is 11.8 Å². The molecule has 2 N–H and O–H groups in total. The van der Waals surface area contributed by atoms with Crippen LogP contribution in [0.3, 0.4) is 0 Å². The molecule has 0 radical (unpaired) electrons. The Balaban J connectivity index is 1.43. The van der Waals surface area contributed by atoms with Crippen molar-refractivity contribution < 1.29 is 24.5 Å². The van der Waals surface area contributed by atoms with Gasteiger partial charge in [0.1, 0.15) is 17.5 Å². The molecule has 0 bridgehead atoms. The summed E-state index contributed by atoms with van der Waals surface area (Å²) in [6.45, 7) is 10.1. The third-order valence-electron chi connectivity index (χ3n) is 11.0. The number of carbonyl (C=O) groups is 2. The van der Waals surface area contributed by atoms with E-state index in [-0.39, 0.29) is 29.5 Å². The molecule has 0 saturated heterocycles. The fourth-order valence-electron chi connectivity index (χ4n) is 8.87. The van der Waals surface area contributed by atoms with Crippen molar-refractivity contribution in [3.63, 3.8) is 0 Å². The van der Waals surface area contributed by atoms with Crippen LogP contribution in [0, 0.1) is 34.5 Å². The first-order valence-electron chi connectivity index (χ1n) is 12.9. The van der Waals surface area contributed by atoms with Crippen molar-refractivity contribution in [3.05, 3.63) is 22.8 Å². The minimum absolute atomic E-state index is 0.0416. The number of hydrogen-bond acceptors (Lipinski definition) is 5. The molecule has 1 aliphatic heterocycles. The molecule has 0 aromatic heterocycles. The van der Waals surface area contributed by atoms with E-state index in [1.807, 2.05) is 13.8 Å². The molecule has 0 aromatic rings. The van der Waals surface area contributed by atoms with Gasteiger partial charge in [-0.05, 0) is 95.3 Å². The van der Waals surface area contributed by atoms with E-state index in [2.05, 4.69) is 19.9 Å². The van der Waals surface area contributed by atoms with E-state index < -0.39 is 23.2 Å². The molecule has 3 saturated carbocycles. The fraction of sp³-hybridized carbons (Fsp3) is 0.786. The second-order valence-electron chi connectivity index (χ2n) is 12.4. The first kappa shape index (κ1) is 23.3. The molecule has 0 amide bonds. The molecule has 0 spiro atoms. The molecule has 5 rings (SSSR count). The lowest BCUT2D eigenvalue weighted by atomic mass is 9.46. The molecule has 3 fully saturated rings. The van der Waals surface area contributed by atoms with E-state index in [0.717, 1.165) is 43.3 Å². The molecule has 9 atom stereocenters. The maximum atomic E-state index is 13.2. The van der Waals surface area contributed by atoms with E-state index in [0.29, 0.717) is 36.2 Å². The standard InChI is InChI=1S/C28H40O5/c1-15-12-24(33-25(31)16(15)2)28(5,32)22-9-8-20-19-7-6-17-13-18(29)14-23(30)27(17,4)21(19)10-11-26(20,22)3/h6,18-22,24,29,32H,7-14H2,1-5H3/t18-,19+,20+,21+,22+,24-,26+,27+,28-/m1/s1. The first-order valence-corrected chi connectivity index (χ1v) is 12.9. The Kier molecular flexibility index (Phi) is 5.31. The highest BCUT2D eigenvalue weighted by Gasteiger charge is 2.64. The summed E-state index contributed by atoms with van der Waals surface area (Å²) in [4.78, 5) is 25.6. The number of aliphatic hydroxyl groups excluding tert-OH is 1.